The molecule has 83 heavy (non-hydrogen) atoms. The van der Waals surface area contributed by atoms with E-state index in [-0.39, 0.29) is 0 Å². The van der Waals surface area contributed by atoms with Gasteiger partial charge in [0.15, 0.2) is 0 Å². The van der Waals surface area contributed by atoms with E-state index < -0.39 is 0 Å². The SMILES string of the molecule is c1ccc(N(c2ccc3ccccc3c2)c2ccc(-c3cc(-c4ccc(N(c5ccccc5)c5ccc6sc7ccccc7c6c5)c5ccccc45)c4sc5ccc(-c6ccc7sc8ccccc8c7c6)cc5c4c3)c3ccccc23)cc1. The largest absolute Gasteiger partial charge is 0.310 e. The molecule has 0 N–H and O–H groups in total. The Kier molecular flexibility index (Phi) is 11.2. The second kappa shape index (κ2) is 19.4. The first-order chi connectivity index (χ1) is 41.1. The molecule has 17 rings (SSSR count). The van der Waals surface area contributed by atoms with Gasteiger partial charge in [0.2, 0.25) is 0 Å². The fraction of sp³-hybridized carbons (Fsp3) is 0. The van der Waals surface area contributed by atoms with Crippen LogP contribution in [0.25, 0.3) is 126 Å². The average molecular weight is 1110 g/mol. The highest BCUT2D eigenvalue weighted by Gasteiger charge is 2.24. The molecule has 0 aliphatic carbocycles. The van der Waals surface area contributed by atoms with Gasteiger partial charge in [-0.15, -0.1) is 34.0 Å². The molecular formula is C78H48N2S3. The minimum Gasteiger partial charge on any atom is -0.310 e. The van der Waals surface area contributed by atoms with Crippen molar-refractivity contribution < 1.29 is 0 Å². The number of benzene rings is 14. The Balaban J connectivity index is 0.890. The van der Waals surface area contributed by atoms with Gasteiger partial charge >= 0.3 is 0 Å². The van der Waals surface area contributed by atoms with Crippen molar-refractivity contribution in [1.29, 1.82) is 0 Å². The summed E-state index contributed by atoms with van der Waals surface area (Å²) in [7, 11) is 0. The predicted molar refractivity (Wildman–Crippen MR) is 363 cm³/mol. The van der Waals surface area contributed by atoms with Gasteiger partial charge in [-0.1, -0.05) is 176 Å². The zero-order valence-corrected chi connectivity index (χ0v) is 47.3. The first-order valence-electron chi connectivity index (χ1n) is 28.2. The minimum absolute atomic E-state index is 1.11. The molecular weight excluding hydrogens is 1060 g/mol. The van der Waals surface area contributed by atoms with Crippen LogP contribution in [0, 0.1) is 0 Å². The van der Waals surface area contributed by atoms with Gasteiger partial charge in [0.1, 0.15) is 0 Å². The molecule has 0 unspecified atom stereocenters. The highest BCUT2D eigenvalue weighted by Crippen LogP contribution is 2.51. The van der Waals surface area contributed by atoms with Crippen molar-refractivity contribution in [3.8, 4) is 33.4 Å². The summed E-state index contributed by atoms with van der Waals surface area (Å²) in [6.07, 6.45) is 0. The Bertz CT molecular complexity index is 5420. The number of rotatable bonds is 9. The number of para-hydroxylation sites is 2. The maximum Gasteiger partial charge on any atom is 0.0540 e. The molecule has 0 saturated heterocycles. The van der Waals surface area contributed by atoms with Crippen molar-refractivity contribution in [2.45, 2.75) is 0 Å². The molecule has 5 heteroatoms. The van der Waals surface area contributed by atoms with E-state index in [0.29, 0.717) is 0 Å². The zero-order valence-electron chi connectivity index (χ0n) is 44.8. The number of thiophene rings is 3. The van der Waals surface area contributed by atoms with Gasteiger partial charge in [-0.2, -0.15) is 0 Å². The Morgan fingerprint density at radius 1 is 0.205 bits per heavy atom. The van der Waals surface area contributed by atoms with Crippen LogP contribution < -0.4 is 9.80 Å². The summed E-state index contributed by atoms with van der Waals surface area (Å²) in [6.45, 7) is 0. The van der Waals surface area contributed by atoms with Gasteiger partial charge in [0.25, 0.3) is 0 Å². The van der Waals surface area contributed by atoms with Crippen LogP contribution >= 0.6 is 34.0 Å². The summed E-state index contributed by atoms with van der Waals surface area (Å²) in [4.78, 5) is 4.87. The molecule has 14 aromatic carbocycles. The van der Waals surface area contributed by atoms with E-state index in [2.05, 4.69) is 301 Å². The lowest BCUT2D eigenvalue weighted by molar-refractivity contribution is 1.30. The van der Waals surface area contributed by atoms with Crippen molar-refractivity contribution in [2.24, 2.45) is 0 Å². The summed E-state index contributed by atoms with van der Waals surface area (Å²) in [6, 6.07) is 108. The van der Waals surface area contributed by atoms with Crippen LogP contribution in [0.2, 0.25) is 0 Å². The molecule has 17 aromatic rings. The minimum atomic E-state index is 1.11. The van der Waals surface area contributed by atoms with Crippen LogP contribution in [-0.2, 0) is 0 Å². The van der Waals surface area contributed by atoms with E-state index >= 15 is 0 Å². The Labute approximate surface area is 491 Å². The monoisotopic (exact) mass is 1110 g/mol. The van der Waals surface area contributed by atoms with E-state index in [1.807, 2.05) is 34.0 Å². The average Bonchev–Trinajstić information content (AvgIpc) is 3.50. The lowest BCUT2D eigenvalue weighted by Gasteiger charge is -2.28. The summed E-state index contributed by atoms with van der Waals surface area (Å²) in [5.74, 6) is 0. The molecule has 3 heterocycles. The maximum absolute atomic E-state index is 2.49. The van der Waals surface area contributed by atoms with Crippen LogP contribution in [0.5, 0.6) is 0 Å². The molecule has 0 radical (unpaired) electrons. The standard InChI is InChI=1S/C78H48N2S3/c1-3-19-54(20-4-1)79(56-34-31-49-17-7-8-18-50(49)43-56)71-38-36-58(59-23-9-11-25-62(59)71)53-46-69(78-70(47-53)67-45-52(33-41-77(67)83-78)51-32-40-75-66(44-51)64-27-13-15-29-73(64)81-75)61-37-39-72(63-26-12-10-24-60(61)63)80(55-21-5-2-6-22-55)57-35-42-76-68(48-57)65-28-14-16-30-74(65)82-76/h1-48H. The molecule has 0 amide bonds. The van der Waals surface area contributed by atoms with Gasteiger partial charge in [-0.25, -0.2) is 0 Å². The highest BCUT2D eigenvalue weighted by molar-refractivity contribution is 7.27. The normalized spacial score (nSPS) is 11.9. The van der Waals surface area contributed by atoms with Crippen LogP contribution in [-0.4, -0.2) is 0 Å². The van der Waals surface area contributed by atoms with Gasteiger partial charge in [-0.3, -0.25) is 0 Å². The highest BCUT2D eigenvalue weighted by atomic mass is 32.1. The van der Waals surface area contributed by atoms with Crippen molar-refractivity contribution in [2.75, 3.05) is 9.80 Å². The Morgan fingerprint density at radius 3 is 1.27 bits per heavy atom. The quantitative estimate of drug-likeness (QED) is 0.142. The molecule has 0 fully saturated rings. The van der Waals surface area contributed by atoms with Crippen molar-refractivity contribution in [3.05, 3.63) is 291 Å². The second-order valence-corrected chi connectivity index (χ2v) is 24.8. The number of anilines is 6. The van der Waals surface area contributed by atoms with Crippen molar-refractivity contribution in [3.63, 3.8) is 0 Å². The molecule has 3 aromatic heterocycles. The van der Waals surface area contributed by atoms with Crippen LogP contribution in [0.15, 0.2) is 291 Å². The first-order valence-corrected chi connectivity index (χ1v) is 30.7. The maximum atomic E-state index is 2.49. The molecule has 0 aliphatic rings. The van der Waals surface area contributed by atoms with E-state index in [9.17, 15) is 0 Å². The first kappa shape index (κ1) is 47.9. The smallest absolute Gasteiger partial charge is 0.0540 e. The van der Waals surface area contributed by atoms with E-state index in [1.54, 1.807) is 0 Å². The predicted octanol–water partition coefficient (Wildman–Crippen LogP) is 24.2. The van der Waals surface area contributed by atoms with Gasteiger partial charge in [0, 0.05) is 99.6 Å². The lowest BCUT2D eigenvalue weighted by Crippen LogP contribution is -2.10. The third kappa shape index (κ3) is 7.96. The number of hydrogen-bond donors (Lipinski definition) is 0. The molecule has 388 valence electrons. The van der Waals surface area contributed by atoms with Crippen molar-refractivity contribution in [1.82, 2.24) is 0 Å². The number of fused-ring (bicyclic) bond motifs is 12. The molecule has 0 atom stereocenters. The fourth-order valence-electron chi connectivity index (χ4n) is 12.9. The van der Waals surface area contributed by atoms with Gasteiger partial charge in [-0.05, 0) is 165 Å². The van der Waals surface area contributed by atoms with Gasteiger partial charge in [0.05, 0.1) is 11.4 Å². The molecule has 0 saturated carbocycles. The second-order valence-electron chi connectivity index (χ2n) is 21.5. The summed E-state index contributed by atoms with van der Waals surface area (Å²) >= 11 is 5.63. The van der Waals surface area contributed by atoms with Crippen LogP contribution in [0.1, 0.15) is 0 Å². The fourth-order valence-corrected chi connectivity index (χ4v) is 16.3. The Morgan fingerprint density at radius 2 is 0.639 bits per heavy atom. The third-order valence-electron chi connectivity index (χ3n) is 16.8. The summed E-state index contributed by atoms with van der Waals surface area (Å²) in [5.41, 5.74) is 14.0. The van der Waals surface area contributed by atoms with E-state index in [4.69, 9.17) is 0 Å². The molecule has 0 bridgehead atoms. The summed E-state index contributed by atoms with van der Waals surface area (Å²) in [5, 5.41) is 14.9. The summed E-state index contributed by atoms with van der Waals surface area (Å²) < 4.78 is 7.78. The number of nitrogens with zero attached hydrogens (tertiary/aromatic N) is 2. The van der Waals surface area contributed by atoms with Crippen LogP contribution in [0.3, 0.4) is 0 Å². The van der Waals surface area contributed by atoms with Crippen LogP contribution in [0.4, 0.5) is 34.1 Å². The topological polar surface area (TPSA) is 6.48 Å². The van der Waals surface area contributed by atoms with E-state index in [1.165, 1.54) is 126 Å². The van der Waals surface area contributed by atoms with Gasteiger partial charge < -0.3 is 9.80 Å². The molecule has 2 nitrogen and oxygen atoms in total. The Hall–Kier alpha value is -9.88. The lowest BCUT2D eigenvalue weighted by atomic mass is 9.90. The van der Waals surface area contributed by atoms with E-state index in [0.717, 1.165) is 34.1 Å². The number of hydrogen-bond acceptors (Lipinski definition) is 5. The molecule has 0 spiro atoms. The molecule has 0 aliphatic heterocycles. The zero-order chi connectivity index (χ0) is 54.5. The third-order valence-corrected chi connectivity index (χ3v) is 20.3. The van der Waals surface area contributed by atoms with Crippen molar-refractivity contribution >= 4 is 161 Å².